The average Bonchev–Trinajstić information content (AvgIpc) is 0.915. The van der Waals surface area contributed by atoms with Crippen molar-refractivity contribution in [3.8, 4) is 0 Å². The third-order valence-corrected chi connectivity index (χ3v) is 19.5. The number of carbonyl (C=O) groups is 6. The highest BCUT2D eigenvalue weighted by molar-refractivity contribution is 7.86. The largest absolute Gasteiger partial charge is 0.556 e. The molecule has 25 nitrogen and oxygen atoms in total. The first-order valence-corrected chi connectivity index (χ1v) is 37.0. The third kappa shape index (κ3) is 25.1. The van der Waals surface area contributed by atoms with Gasteiger partial charge in [0.05, 0.1) is 37.4 Å². The number of azide groups is 1. The van der Waals surface area contributed by atoms with Crippen molar-refractivity contribution in [1.82, 2.24) is 20.3 Å². The lowest BCUT2D eigenvalue weighted by molar-refractivity contribution is -0.143. The Morgan fingerprint density at radius 2 is 1.16 bits per heavy atom. The number of hydrogen-bond donors (Lipinski definition) is 8. The minimum atomic E-state index is -4.88. The van der Waals surface area contributed by atoms with Crippen LogP contribution in [0.1, 0.15) is 186 Å². The highest BCUT2D eigenvalue weighted by atomic mass is 32.3. The number of ether oxygens (including phenoxy) is 2. The maximum Gasteiger partial charge on any atom is 0.373 e. The Kier molecular flexibility index (Phi) is 33.6. The van der Waals surface area contributed by atoms with Crippen LogP contribution in [-0.4, -0.2) is 165 Å². The summed E-state index contributed by atoms with van der Waals surface area (Å²) in [5, 5.41) is 43.0. The zero-order chi connectivity index (χ0) is 72.4. The molecule has 8 N–H and O–H groups in total. The van der Waals surface area contributed by atoms with Crippen molar-refractivity contribution >= 4 is 97.5 Å². The molecule has 4 aromatic rings. The van der Waals surface area contributed by atoms with Crippen molar-refractivity contribution in [2.45, 2.75) is 195 Å². The number of carbonyl (C=O) groups excluding carboxylic acids is 6. The standard InChI is InChI=1S/C71H98B3FN12O13S/c1-74(94)80-37-17-11-5-8-14-20-67(91)83-54-26-31-59-62(46-54)71(34-33-64(88)79-38-40-97-42-43-98-41-39-86(2)70(93)63-47-55(84-85-78)48-87(63)68(92)32-23-51-21-27-56(28-22-51)101(75,95)96)60-44-52(81-65(89)18-12-6-3-9-15-35-72-99-49-76)24-29-57(60)69(59)58-30-25-53(45-61(58)71)82-66(90)19-13-7-4-10-16-36-73-100-50-77/h21-22,24-31,44-46,49-50,55,63,69,76-77,80,94H,3-20,23,32-43,47-48H2,1-2H3,(H,79,88)(H,81,89)(H,82,90)(H,83,91)/t55-,63-,69?,71?/m0/s1. The summed E-state index contributed by atoms with van der Waals surface area (Å²) >= 11 is 0. The molecule has 2 atom stereocenters. The van der Waals surface area contributed by atoms with Crippen LogP contribution in [-0.2, 0) is 69.6 Å². The van der Waals surface area contributed by atoms with Gasteiger partial charge in [0.2, 0.25) is 35.4 Å². The lowest BCUT2D eigenvalue weighted by Crippen LogP contribution is -2.47. The fourth-order valence-electron chi connectivity index (χ4n) is 13.6. The van der Waals surface area contributed by atoms with Gasteiger partial charge in [-0.2, -0.15) is 8.42 Å². The number of amides is 6. The first-order valence-electron chi connectivity index (χ1n) is 35.6. The molecule has 8 rings (SSSR count). The van der Waals surface area contributed by atoms with Crippen LogP contribution in [0.3, 0.4) is 0 Å². The Hall–Kier alpha value is -8.14. The van der Waals surface area contributed by atoms with Gasteiger partial charge >= 0.3 is 32.2 Å². The zero-order valence-corrected chi connectivity index (χ0v) is 59.1. The number of unbranched alkanes of at least 4 members (excludes halogenated alkanes) is 12. The second-order valence-corrected chi connectivity index (χ2v) is 27.4. The number of aryl methyl sites for hydroxylation is 1. The SMILES string of the molecule is CB(O)NCCCCCCCC(=O)Nc1ccc2c(c1)C1(CCC(=O)NCCOCCOCCN(C)C(=O)[C@@H]3C[C@H](N=[N+]=[N-])CN3C(=O)CCc3ccc(S(=O)(=O)F)cc3)c3cc(NC(=O)CCCCCCC[B]OC=N)ccc3C2c2ccc(NC(=O)CCCCCCC[B]OC=N)cc21. The quantitative estimate of drug-likeness (QED) is 0.00298. The van der Waals surface area contributed by atoms with Crippen molar-refractivity contribution in [1.29, 1.82) is 10.8 Å². The molecule has 0 spiro atoms. The molecule has 1 saturated heterocycles. The molecule has 1 fully saturated rings. The molecule has 0 aromatic heterocycles. The van der Waals surface area contributed by atoms with Gasteiger partial charge in [-0.3, -0.25) is 39.6 Å². The van der Waals surface area contributed by atoms with E-state index in [4.69, 9.17) is 35.1 Å². The molecule has 2 radical (unpaired) electrons. The van der Waals surface area contributed by atoms with E-state index in [1.807, 2.05) is 36.4 Å². The number of halogens is 1. The molecule has 4 aliphatic rings. The minimum absolute atomic E-state index is 0.0283. The smallest absolute Gasteiger partial charge is 0.373 e. The molecular weight excluding hydrogens is 1310 g/mol. The Bertz CT molecular complexity index is 3480. The Labute approximate surface area is 595 Å². The van der Waals surface area contributed by atoms with E-state index in [0.29, 0.717) is 61.2 Å². The second kappa shape index (κ2) is 42.3. The maximum absolute atomic E-state index is 14.3. The number of likely N-dealkylation sites (N-methyl/N-ethyl adjacent to an activating group) is 1. The number of hydrogen-bond acceptors (Lipinski definition) is 17. The van der Waals surface area contributed by atoms with Crippen molar-refractivity contribution in [3.05, 3.63) is 128 Å². The van der Waals surface area contributed by atoms with Crippen LogP contribution in [0.25, 0.3) is 10.4 Å². The summed E-state index contributed by atoms with van der Waals surface area (Å²) in [6, 6.07) is 21.6. The molecule has 2 bridgehead atoms. The predicted molar refractivity (Wildman–Crippen MR) is 389 cm³/mol. The number of anilines is 3. The van der Waals surface area contributed by atoms with Crippen LogP contribution in [0, 0.1) is 10.8 Å². The Balaban J connectivity index is 1.01. The van der Waals surface area contributed by atoms with Gasteiger partial charge in [-0.1, -0.05) is 106 Å². The van der Waals surface area contributed by atoms with Crippen molar-refractivity contribution in [3.63, 3.8) is 0 Å². The van der Waals surface area contributed by atoms with Crippen LogP contribution in [0.4, 0.5) is 20.9 Å². The highest BCUT2D eigenvalue weighted by Gasteiger charge is 2.52. The van der Waals surface area contributed by atoms with E-state index in [9.17, 15) is 46.1 Å². The van der Waals surface area contributed by atoms with E-state index >= 15 is 0 Å². The molecule has 30 heteroatoms. The van der Waals surface area contributed by atoms with Crippen molar-refractivity contribution in [2.75, 3.05) is 75.6 Å². The number of nitrogens with one attached hydrogen (secondary N) is 7. The van der Waals surface area contributed by atoms with E-state index in [1.165, 1.54) is 21.9 Å². The topological polar surface area (TPSA) is 357 Å². The fourth-order valence-corrected chi connectivity index (χ4v) is 14.0. The molecule has 0 unspecified atom stereocenters. The predicted octanol–water partition coefficient (Wildman–Crippen LogP) is 10.6. The van der Waals surface area contributed by atoms with Gasteiger partial charge in [0.1, 0.15) is 18.8 Å². The van der Waals surface area contributed by atoms with Crippen LogP contribution in [0.15, 0.2) is 88.9 Å². The number of nitrogens with zero attached hydrogens (tertiary/aromatic N) is 5. The first kappa shape index (κ1) is 80.2. The molecule has 101 heavy (non-hydrogen) atoms. The summed E-state index contributed by atoms with van der Waals surface area (Å²) in [6.07, 6.45) is 18.2. The highest BCUT2D eigenvalue weighted by Crippen LogP contribution is 2.62. The van der Waals surface area contributed by atoms with E-state index in [-0.39, 0.29) is 120 Å². The average molecular weight is 1410 g/mol. The first-order chi connectivity index (χ1) is 48.9. The monoisotopic (exact) mass is 1410 g/mol. The van der Waals surface area contributed by atoms with Crippen LogP contribution >= 0.6 is 0 Å². The minimum Gasteiger partial charge on any atom is -0.556 e. The number of likely N-dealkylation sites (tertiary alicyclic amines) is 1. The van der Waals surface area contributed by atoms with Gasteiger partial charge < -0.3 is 60.1 Å². The van der Waals surface area contributed by atoms with E-state index < -0.39 is 39.7 Å². The molecule has 1 heterocycles. The normalized spacial score (nSPS) is 16.1. The number of rotatable bonds is 50. The fraction of sp³-hybridized carbons (Fsp3) is 0.549. The Morgan fingerprint density at radius 3 is 1.64 bits per heavy atom. The summed E-state index contributed by atoms with van der Waals surface area (Å²) in [7, 11) is -0.617. The summed E-state index contributed by atoms with van der Waals surface area (Å²) < 4.78 is 57.5. The lowest BCUT2D eigenvalue weighted by atomic mass is 9.51. The van der Waals surface area contributed by atoms with Crippen LogP contribution < -0.4 is 26.5 Å². The molecule has 0 saturated carbocycles. The maximum atomic E-state index is 14.3. The molecule has 6 amide bonds. The molecule has 1 aliphatic heterocycles. The van der Waals surface area contributed by atoms with Gasteiger partial charge in [-0.25, -0.2) is 0 Å². The van der Waals surface area contributed by atoms with Crippen LogP contribution in [0.2, 0.25) is 19.5 Å². The Morgan fingerprint density at radius 1 is 0.673 bits per heavy atom. The van der Waals surface area contributed by atoms with Crippen molar-refractivity contribution < 1.29 is 64.9 Å². The van der Waals surface area contributed by atoms with Gasteiger partial charge in [-0.05, 0) is 164 Å². The molecule has 542 valence electrons. The third-order valence-electron chi connectivity index (χ3n) is 18.7. The molecular formula is C71H98B3FN12O13S. The molecule has 4 aromatic carbocycles. The van der Waals surface area contributed by atoms with E-state index in [2.05, 4.69) is 54.7 Å². The summed E-state index contributed by atoms with van der Waals surface area (Å²) in [6.45, 7) is 3.47. The summed E-state index contributed by atoms with van der Waals surface area (Å²) in [5.41, 5.74) is 16.3. The van der Waals surface area contributed by atoms with Gasteiger partial charge in [0, 0.05) is 92.1 Å². The number of benzene rings is 4. The van der Waals surface area contributed by atoms with Gasteiger partial charge in [0.25, 0.3) is 0 Å². The molecule has 3 aliphatic carbocycles. The van der Waals surface area contributed by atoms with Gasteiger partial charge in [-0.15, -0.1) is 3.89 Å². The van der Waals surface area contributed by atoms with Crippen LogP contribution in [0.5, 0.6) is 0 Å². The van der Waals surface area contributed by atoms with Gasteiger partial charge in [0.15, 0.2) is 0 Å². The lowest BCUT2D eigenvalue weighted by Gasteiger charge is -2.51. The van der Waals surface area contributed by atoms with E-state index in [0.717, 1.165) is 155 Å². The zero-order valence-electron chi connectivity index (χ0n) is 58.3. The van der Waals surface area contributed by atoms with E-state index in [1.54, 1.807) is 28.8 Å². The second-order valence-electron chi connectivity index (χ2n) is 26.1. The van der Waals surface area contributed by atoms with Crippen molar-refractivity contribution in [2.24, 2.45) is 5.11 Å². The summed E-state index contributed by atoms with van der Waals surface area (Å²) in [4.78, 5) is 88.0. The summed E-state index contributed by atoms with van der Waals surface area (Å²) in [5.74, 6) is -1.59.